The summed E-state index contributed by atoms with van der Waals surface area (Å²) in [6.45, 7) is -0.801. The van der Waals surface area contributed by atoms with E-state index in [0.717, 1.165) is 5.56 Å². The molecule has 118 valence electrons. The van der Waals surface area contributed by atoms with Crippen LogP contribution in [0.5, 0.6) is 0 Å². The zero-order valence-corrected chi connectivity index (χ0v) is 12.6. The standard InChI is InChI=1S/C18H18N2O3/c19-11-15-7-4-8-16(9-15)17(23)20-18(12-21,13-22)10-14-5-2-1-3-6-14/h1-9,21-22H,10,12-13H2,(H,20,23). The van der Waals surface area contributed by atoms with Crippen molar-refractivity contribution in [2.75, 3.05) is 13.2 Å². The topological polar surface area (TPSA) is 93.4 Å². The van der Waals surface area contributed by atoms with Crippen molar-refractivity contribution in [2.24, 2.45) is 0 Å². The molecule has 0 aromatic heterocycles. The second-order valence-electron chi connectivity index (χ2n) is 5.41. The summed E-state index contributed by atoms with van der Waals surface area (Å²) < 4.78 is 0. The molecule has 5 nitrogen and oxygen atoms in total. The van der Waals surface area contributed by atoms with Gasteiger partial charge in [0.25, 0.3) is 5.91 Å². The highest BCUT2D eigenvalue weighted by Crippen LogP contribution is 2.15. The Morgan fingerprint density at radius 2 is 1.78 bits per heavy atom. The first-order valence-corrected chi connectivity index (χ1v) is 7.21. The molecule has 0 aliphatic heterocycles. The third kappa shape index (κ3) is 4.16. The van der Waals surface area contributed by atoms with Crippen LogP contribution in [0.15, 0.2) is 54.6 Å². The van der Waals surface area contributed by atoms with Crippen molar-refractivity contribution in [3.05, 3.63) is 71.3 Å². The summed E-state index contributed by atoms with van der Waals surface area (Å²) in [4.78, 5) is 12.4. The molecular weight excluding hydrogens is 292 g/mol. The van der Waals surface area contributed by atoms with E-state index in [2.05, 4.69) is 5.32 Å². The molecule has 3 N–H and O–H groups in total. The molecule has 1 amide bonds. The molecule has 0 saturated heterocycles. The fourth-order valence-corrected chi connectivity index (χ4v) is 2.31. The number of rotatable bonds is 6. The first-order chi connectivity index (χ1) is 11.1. The Bertz CT molecular complexity index is 704. The number of carbonyl (C=O) groups is 1. The first kappa shape index (κ1) is 16.7. The molecule has 0 spiro atoms. The van der Waals surface area contributed by atoms with Gasteiger partial charge in [0, 0.05) is 12.0 Å². The maximum Gasteiger partial charge on any atom is 0.251 e. The number of aliphatic hydroxyl groups is 2. The Balaban J connectivity index is 2.21. The SMILES string of the molecule is N#Cc1cccc(C(=O)NC(CO)(CO)Cc2ccccc2)c1. The summed E-state index contributed by atoms with van der Waals surface area (Å²) >= 11 is 0. The van der Waals surface area contributed by atoms with E-state index in [0.29, 0.717) is 17.5 Å². The van der Waals surface area contributed by atoms with Gasteiger partial charge in [-0.25, -0.2) is 0 Å². The molecule has 0 saturated carbocycles. The van der Waals surface area contributed by atoms with Gasteiger partial charge in [0.1, 0.15) is 0 Å². The third-order valence-corrected chi connectivity index (χ3v) is 3.62. The van der Waals surface area contributed by atoms with E-state index in [-0.39, 0.29) is 0 Å². The quantitative estimate of drug-likeness (QED) is 0.748. The van der Waals surface area contributed by atoms with Gasteiger partial charge in [-0.1, -0.05) is 36.4 Å². The fraction of sp³-hybridized carbons (Fsp3) is 0.222. The highest BCUT2D eigenvalue weighted by atomic mass is 16.3. The van der Waals surface area contributed by atoms with Crippen LogP contribution in [-0.4, -0.2) is 34.9 Å². The molecule has 2 aromatic rings. The molecule has 0 fully saturated rings. The van der Waals surface area contributed by atoms with Crippen molar-refractivity contribution in [1.29, 1.82) is 5.26 Å². The minimum atomic E-state index is -1.17. The largest absolute Gasteiger partial charge is 0.394 e. The number of amides is 1. The lowest BCUT2D eigenvalue weighted by Gasteiger charge is -2.31. The lowest BCUT2D eigenvalue weighted by Crippen LogP contribution is -2.55. The van der Waals surface area contributed by atoms with Crippen LogP contribution in [-0.2, 0) is 6.42 Å². The smallest absolute Gasteiger partial charge is 0.251 e. The van der Waals surface area contributed by atoms with Crippen LogP contribution in [0.4, 0.5) is 0 Å². The van der Waals surface area contributed by atoms with Crippen molar-refractivity contribution in [3.8, 4) is 6.07 Å². The molecule has 5 heteroatoms. The molecule has 0 aliphatic carbocycles. The molecular formula is C18H18N2O3. The summed E-state index contributed by atoms with van der Waals surface area (Å²) in [5.41, 5.74) is 0.408. The Labute approximate surface area is 134 Å². The molecule has 0 radical (unpaired) electrons. The number of hydrogen-bond acceptors (Lipinski definition) is 4. The average molecular weight is 310 g/mol. The Morgan fingerprint density at radius 3 is 2.39 bits per heavy atom. The summed E-state index contributed by atoms with van der Waals surface area (Å²) in [6.07, 6.45) is 0.296. The monoisotopic (exact) mass is 310 g/mol. The number of hydrogen-bond donors (Lipinski definition) is 3. The summed E-state index contributed by atoms with van der Waals surface area (Å²) in [7, 11) is 0. The van der Waals surface area contributed by atoms with Crippen molar-refractivity contribution in [2.45, 2.75) is 12.0 Å². The van der Waals surface area contributed by atoms with Gasteiger partial charge in [0.05, 0.1) is 30.4 Å². The number of nitrogens with one attached hydrogen (secondary N) is 1. The van der Waals surface area contributed by atoms with E-state index in [1.54, 1.807) is 18.2 Å². The number of benzene rings is 2. The first-order valence-electron chi connectivity index (χ1n) is 7.21. The van der Waals surface area contributed by atoms with Crippen LogP contribution in [0.2, 0.25) is 0 Å². The number of nitriles is 1. The van der Waals surface area contributed by atoms with Gasteiger partial charge in [0.2, 0.25) is 0 Å². The second kappa shape index (κ2) is 7.54. The molecule has 2 rings (SSSR count). The van der Waals surface area contributed by atoms with Crippen LogP contribution in [0.1, 0.15) is 21.5 Å². The van der Waals surface area contributed by atoms with E-state index in [1.165, 1.54) is 6.07 Å². The van der Waals surface area contributed by atoms with Crippen molar-refractivity contribution in [3.63, 3.8) is 0 Å². The van der Waals surface area contributed by atoms with Gasteiger partial charge >= 0.3 is 0 Å². The maximum atomic E-state index is 12.4. The second-order valence-corrected chi connectivity index (χ2v) is 5.41. The van der Waals surface area contributed by atoms with E-state index in [1.807, 2.05) is 36.4 Å². The number of carbonyl (C=O) groups excluding carboxylic acids is 1. The molecule has 23 heavy (non-hydrogen) atoms. The van der Waals surface area contributed by atoms with Gasteiger partial charge in [-0.15, -0.1) is 0 Å². The van der Waals surface area contributed by atoms with Crippen LogP contribution in [0, 0.1) is 11.3 Å². The van der Waals surface area contributed by atoms with Crippen LogP contribution in [0.25, 0.3) is 0 Å². The average Bonchev–Trinajstić information content (AvgIpc) is 2.62. The molecule has 2 aromatic carbocycles. The van der Waals surface area contributed by atoms with Crippen molar-refractivity contribution < 1.29 is 15.0 Å². The van der Waals surface area contributed by atoms with Crippen LogP contribution in [0.3, 0.4) is 0 Å². The molecule has 0 bridgehead atoms. The molecule has 0 heterocycles. The van der Waals surface area contributed by atoms with Crippen LogP contribution < -0.4 is 5.32 Å². The lowest BCUT2D eigenvalue weighted by atomic mass is 9.91. The fourth-order valence-electron chi connectivity index (χ4n) is 2.31. The highest BCUT2D eigenvalue weighted by molar-refractivity contribution is 5.95. The number of nitrogens with zero attached hydrogens (tertiary/aromatic N) is 1. The van der Waals surface area contributed by atoms with E-state index in [4.69, 9.17) is 5.26 Å². The maximum absolute atomic E-state index is 12.4. The van der Waals surface area contributed by atoms with E-state index in [9.17, 15) is 15.0 Å². The van der Waals surface area contributed by atoms with Gasteiger partial charge in [-0.2, -0.15) is 5.26 Å². The Hall–Kier alpha value is -2.68. The zero-order chi connectivity index (χ0) is 16.7. The Morgan fingerprint density at radius 1 is 1.09 bits per heavy atom. The number of aliphatic hydroxyl groups excluding tert-OH is 2. The summed E-state index contributed by atoms with van der Waals surface area (Å²) in [5, 5.41) is 31.0. The minimum Gasteiger partial charge on any atom is -0.394 e. The molecule has 0 atom stereocenters. The van der Waals surface area contributed by atoms with Gasteiger partial charge < -0.3 is 15.5 Å². The van der Waals surface area contributed by atoms with Crippen molar-refractivity contribution in [1.82, 2.24) is 5.32 Å². The minimum absolute atomic E-state index is 0.296. The Kier molecular flexibility index (Phi) is 5.47. The van der Waals surface area contributed by atoms with Gasteiger partial charge in [-0.3, -0.25) is 4.79 Å². The van der Waals surface area contributed by atoms with E-state index < -0.39 is 24.7 Å². The molecule has 0 aliphatic rings. The lowest BCUT2D eigenvalue weighted by molar-refractivity contribution is 0.0667. The predicted molar refractivity (Wildman–Crippen MR) is 85.7 cm³/mol. The van der Waals surface area contributed by atoms with Crippen molar-refractivity contribution >= 4 is 5.91 Å². The normalized spacial score (nSPS) is 10.8. The van der Waals surface area contributed by atoms with Gasteiger partial charge in [-0.05, 0) is 23.8 Å². The summed E-state index contributed by atoms with van der Waals surface area (Å²) in [6, 6.07) is 17.5. The van der Waals surface area contributed by atoms with E-state index >= 15 is 0 Å². The summed E-state index contributed by atoms with van der Waals surface area (Å²) in [5.74, 6) is -0.443. The zero-order valence-electron chi connectivity index (χ0n) is 12.6. The van der Waals surface area contributed by atoms with Gasteiger partial charge in [0.15, 0.2) is 0 Å². The highest BCUT2D eigenvalue weighted by Gasteiger charge is 2.31. The molecule has 0 unspecified atom stereocenters. The van der Waals surface area contributed by atoms with Crippen LogP contribution >= 0.6 is 0 Å². The third-order valence-electron chi connectivity index (χ3n) is 3.62. The predicted octanol–water partition coefficient (Wildman–Crippen LogP) is 1.25.